The molecule has 0 spiro atoms. The Morgan fingerprint density at radius 2 is 1.58 bits per heavy atom. The van der Waals surface area contributed by atoms with Gasteiger partial charge >= 0.3 is 18.1 Å². The number of likely N-dealkylation sites (tertiary alicyclic amines) is 1. The Labute approximate surface area is 302 Å². The number of amides is 4. The van der Waals surface area contributed by atoms with Gasteiger partial charge in [-0.1, -0.05) is 6.92 Å². The third-order valence-electron chi connectivity index (χ3n) is 9.21. The van der Waals surface area contributed by atoms with E-state index >= 15 is 0 Å². The van der Waals surface area contributed by atoms with E-state index in [4.69, 9.17) is 15.2 Å². The summed E-state index contributed by atoms with van der Waals surface area (Å²) in [5.74, 6) is -2.22. The molecule has 2 aromatic carbocycles. The van der Waals surface area contributed by atoms with E-state index in [0.717, 1.165) is 0 Å². The monoisotopic (exact) mass is 741 g/mol. The minimum atomic E-state index is -0.954. The lowest BCUT2D eigenvalue weighted by atomic mass is 9.79. The molecule has 19 heteroatoms. The van der Waals surface area contributed by atoms with Crippen LogP contribution >= 0.6 is 11.8 Å². The number of β-lactam (4-membered cyclic amide) rings is 1. The maximum Gasteiger partial charge on any atom is 0.410 e. The highest BCUT2D eigenvalue weighted by Crippen LogP contribution is 2.52. The van der Waals surface area contributed by atoms with Crippen molar-refractivity contribution in [3.8, 4) is 0 Å². The Morgan fingerprint density at radius 3 is 2.12 bits per heavy atom. The molecule has 5 rings (SSSR count). The number of rotatable bonds is 15. The molecule has 0 aliphatic carbocycles. The normalized spacial score (nSPS) is 22.8. The number of aliphatic hydroxyl groups is 1. The van der Waals surface area contributed by atoms with E-state index in [1.54, 1.807) is 4.90 Å². The van der Waals surface area contributed by atoms with Crippen molar-refractivity contribution in [2.24, 2.45) is 17.6 Å². The van der Waals surface area contributed by atoms with Crippen molar-refractivity contribution in [2.75, 3.05) is 26.2 Å². The van der Waals surface area contributed by atoms with E-state index < -0.39 is 51.9 Å². The Balaban J connectivity index is 1.33. The quantitative estimate of drug-likeness (QED) is 0.0674. The summed E-state index contributed by atoms with van der Waals surface area (Å²) in [6.07, 6.45) is -1.11. The number of nitro groups is 2. The van der Waals surface area contributed by atoms with Crippen molar-refractivity contribution < 1.29 is 43.6 Å². The number of carbonyl (C=O) groups is 4. The van der Waals surface area contributed by atoms with E-state index in [1.807, 2.05) is 6.92 Å². The standard InChI is InChI=1S/C33H39N7O11S/c1-18-27-26(19(2)41)30(42)38(27)28(31(43)50-16-20-3-7-22(8-4-20)39(46)47)29(18)52-25-13-24(14-35-11-12-36-32(34)44)37(15-25)33(45)51-17-21-5-9-23(10-6-21)40(48)49/h3-10,18-19,24-27,35,41H,11-17H2,1-2H3,(H3,34,36,44)/t18-,19-,24+,25+,26-,27-/m1/s1. The summed E-state index contributed by atoms with van der Waals surface area (Å²) in [5, 5.41) is 37.9. The number of nitro benzene ring substituents is 2. The Kier molecular flexibility index (Phi) is 12.0. The Bertz CT molecular complexity index is 1740. The fourth-order valence-electron chi connectivity index (χ4n) is 6.64. The van der Waals surface area contributed by atoms with Crippen LogP contribution in [0.3, 0.4) is 0 Å². The number of thioether (sulfide) groups is 1. The van der Waals surface area contributed by atoms with Crippen LogP contribution in [0.25, 0.3) is 0 Å². The van der Waals surface area contributed by atoms with Gasteiger partial charge in [-0.3, -0.25) is 25.0 Å². The highest BCUT2D eigenvalue weighted by Gasteiger charge is 2.60. The van der Waals surface area contributed by atoms with Gasteiger partial charge in [0.05, 0.1) is 27.9 Å². The van der Waals surface area contributed by atoms with Crippen LogP contribution in [0.2, 0.25) is 0 Å². The zero-order valence-electron chi connectivity index (χ0n) is 28.3. The van der Waals surface area contributed by atoms with Crippen LogP contribution in [0.4, 0.5) is 21.0 Å². The molecule has 0 aromatic heterocycles. The van der Waals surface area contributed by atoms with Crippen molar-refractivity contribution in [1.82, 2.24) is 20.4 Å². The number of primary amides is 1. The molecule has 4 amide bonds. The molecule has 5 N–H and O–H groups in total. The number of nitrogens with one attached hydrogen (secondary N) is 2. The molecule has 0 saturated carbocycles. The fraction of sp³-hybridized carbons (Fsp3) is 0.455. The summed E-state index contributed by atoms with van der Waals surface area (Å²) in [7, 11) is 0. The van der Waals surface area contributed by atoms with E-state index in [2.05, 4.69) is 10.6 Å². The summed E-state index contributed by atoms with van der Waals surface area (Å²) < 4.78 is 11.2. The highest BCUT2D eigenvalue weighted by atomic mass is 32.2. The van der Waals surface area contributed by atoms with Crippen LogP contribution in [-0.2, 0) is 32.3 Å². The first kappa shape index (κ1) is 38.0. The molecule has 52 heavy (non-hydrogen) atoms. The molecule has 2 saturated heterocycles. The lowest BCUT2D eigenvalue weighted by molar-refractivity contribution is -0.385. The second-order valence-electron chi connectivity index (χ2n) is 12.7. The topological polar surface area (TPSA) is 250 Å². The number of nitrogens with zero attached hydrogens (tertiary/aromatic N) is 4. The second kappa shape index (κ2) is 16.4. The first-order valence-electron chi connectivity index (χ1n) is 16.5. The predicted molar refractivity (Wildman–Crippen MR) is 185 cm³/mol. The lowest BCUT2D eigenvalue weighted by Crippen LogP contribution is -2.63. The van der Waals surface area contributed by atoms with Gasteiger partial charge in [0.2, 0.25) is 5.91 Å². The maximum absolute atomic E-state index is 13.7. The number of aliphatic hydroxyl groups excluding tert-OH is 1. The summed E-state index contributed by atoms with van der Waals surface area (Å²) >= 11 is 1.35. The van der Waals surface area contributed by atoms with E-state index in [1.165, 1.54) is 72.1 Å². The molecule has 6 atom stereocenters. The molecule has 3 aliphatic rings. The number of ether oxygens (including phenoxy) is 2. The average molecular weight is 742 g/mol. The Morgan fingerprint density at radius 1 is 1.00 bits per heavy atom. The van der Waals surface area contributed by atoms with Crippen LogP contribution in [-0.4, -0.2) is 98.4 Å². The highest BCUT2D eigenvalue weighted by molar-refractivity contribution is 8.03. The molecule has 0 bridgehead atoms. The van der Waals surface area contributed by atoms with E-state index in [0.29, 0.717) is 35.5 Å². The number of benzene rings is 2. The number of hydrogen-bond acceptors (Lipinski definition) is 13. The van der Waals surface area contributed by atoms with Crippen molar-refractivity contribution in [3.63, 3.8) is 0 Å². The first-order chi connectivity index (χ1) is 24.8. The van der Waals surface area contributed by atoms with Crippen LogP contribution < -0.4 is 16.4 Å². The molecular weight excluding hydrogens is 702 g/mol. The number of esters is 1. The van der Waals surface area contributed by atoms with Gasteiger partial charge in [-0.2, -0.15) is 0 Å². The van der Waals surface area contributed by atoms with Gasteiger partial charge in [-0.05, 0) is 48.7 Å². The number of fused-ring (bicyclic) bond motifs is 1. The number of nitrogens with two attached hydrogens (primary N) is 1. The van der Waals surface area contributed by atoms with Gasteiger partial charge in [0.25, 0.3) is 11.4 Å². The fourth-order valence-corrected chi connectivity index (χ4v) is 8.20. The van der Waals surface area contributed by atoms with Crippen molar-refractivity contribution in [1.29, 1.82) is 0 Å². The summed E-state index contributed by atoms with van der Waals surface area (Å²) in [5.41, 5.74) is 6.06. The van der Waals surface area contributed by atoms with Gasteiger partial charge < -0.3 is 40.7 Å². The Hall–Kier alpha value is -5.27. The van der Waals surface area contributed by atoms with Crippen molar-refractivity contribution >= 4 is 47.1 Å². The minimum absolute atomic E-state index is 0.0673. The second-order valence-corrected chi connectivity index (χ2v) is 14.1. The lowest BCUT2D eigenvalue weighted by Gasteiger charge is -2.46. The third-order valence-corrected chi connectivity index (χ3v) is 10.7. The van der Waals surface area contributed by atoms with Crippen LogP contribution in [0, 0.1) is 32.1 Å². The molecule has 0 unspecified atom stereocenters. The molecule has 2 fully saturated rings. The number of non-ortho nitro benzene ring substituents is 2. The number of carbonyl (C=O) groups excluding carboxylic acids is 4. The van der Waals surface area contributed by atoms with Gasteiger partial charge in [0.1, 0.15) is 18.9 Å². The zero-order chi connectivity index (χ0) is 37.7. The number of urea groups is 1. The SMILES string of the molecule is C[C@@H](O)[C@H]1C(=O)N2C(C(=O)OCc3ccc([N+](=O)[O-])cc3)=C(S[C@H]3C[C@@H](CNCCNC(N)=O)N(C(=O)OCc4ccc([N+](=O)[O-])cc4)C3)[C@H](C)[C@H]12. The predicted octanol–water partition coefficient (Wildman–Crippen LogP) is 2.39. The summed E-state index contributed by atoms with van der Waals surface area (Å²) in [4.78, 5) is 75.9. The van der Waals surface area contributed by atoms with Gasteiger partial charge in [0.15, 0.2) is 0 Å². The largest absolute Gasteiger partial charge is 0.456 e. The van der Waals surface area contributed by atoms with Gasteiger partial charge in [-0.25, -0.2) is 14.4 Å². The van der Waals surface area contributed by atoms with Crippen molar-refractivity contribution in [2.45, 2.75) is 56.9 Å². The van der Waals surface area contributed by atoms with Gasteiger partial charge in [0, 0.05) is 72.6 Å². The van der Waals surface area contributed by atoms with Crippen molar-refractivity contribution in [3.05, 3.63) is 90.5 Å². The van der Waals surface area contributed by atoms with Crippen LogP contribution in [0.5, 0.6) is 0 Å². The molecule has 18 nitrogen and oxygen atoms in total. The summed E-state index contributed by atoms with van der Waals surface area (Å²) in [6.45, 7) is 4.25. The van der Waals surface area contributed by atoms with E-state index in [-0.39, 0.29) is 60.6 Å². The van der Waals surface area contributed by atoms with Crippen LogP contribution in [0.15, 0.2) is 59.1 Å². The molecule has 0 radical (unpaired) electrons. The zero-order valence-corrected chi connectivity index (χ0v) is 29.2. The smallest absolute Gasteiger partial charge is 0.410 e. The summed E-state index contributed by atoms with van der Waals surface area (Å²) in [6, 6.07) is 9.67. The maximum atomic E-state index is 13.7. The minimum Gasteiger partial charge on any atom is -0.456 e. The molecule has 3 aliphatic heterocycles. The molecule has 2 aromatic rings. The van der Waals surface area contributed by atoms with Gasteiger partial charge in [-0.15, -0.1) is 11.8 Å². The average Bonchev–Trinajstić information content (AvgIpc) is 3.61. The van der Waals surface area contributed by atoms with Crippen LogP contribution in [0.1, 0.15) is 31.4 Å². The first-order valence-corrected chi connectivity index (χ1v) is 17.4. The number of hydrogen-bond donors (Lipinski definition) is 4. The third kappa shape index (κ3) is 8.43. The molecule has 3 heterocycles. The molecular formula is C33H39N7O11S. The van der Waals surface area contributed by atoms with E-state index in [9.17, 15) is 44.5 Å². The molecule has 278 valence electrons.